The highest BCUT2D eigenvalue weighted by Crippen LogP contribution is 2.26. The van der Waals surface area contributed by atoms with Crippen LogP contribution >= 0.6 is 0 Å². The summed E-state index contributed by atoms with van der Waals surface area (Å²) in [6.45, 7) is 6.06. The Hall–Kier alpha value is -2.48. The zero-order valence-corrected chi connectivity index (χ0v) is 16.8. The highest BCUT2D eigenvalue weighted by molar-refractivity contribution is 5.97. The van der Waals surface area contributed by atoms with Crippen LogP contribution in [0.2, 0.25) is 0 Å². The number of aromatic nitrogens is 1. The molecule has 156 valence electrons. The molecule has 0 spiro atoms. The fourth-order valence-corrected chi connectivity index (χ4v) is 4.43. The van der Waals surface area contributed by atoms with Crippen LogP contribution in [0.5, 0.6) is 0 Å². The molecule has 2 amide bonds. The molecule has 3 heterocycles. The first kappa shape index (κ1) is 19.8. The Labute approximate surface area is 170 Å². The van der Waals surface area contributed by atoms with E-state index in [-0.39, 0.29) is 23.4 Å². The fraction of sp³-hybridized carbons (Fsp3) is 0.619. The minimum Gasteiger partial charge on any atom is -0.477 e. The third kappa shape index (κ3) is 3.99. The third-order valence-corrected chi connectivity index (χ3v) is 6.48. The molecule has 1 aromatic rings. The number of amides is 2. The number of carboxylic acid groups (broad SMARTS) is 1. The maximum atomic E-state index is 12.9. The maximum Gasteiger partial charge on any atom is 0.354 e. The SMILES string of the molecule is Cc1cc(C(=O)N2CC(C(=O)N3CCCN(C4CCC4)CC3)C2)cnc1C(=O)O. The van der Waals surface area contributed by atoms with Gasteiger partial charge < -0.3 is 14.9 Å². The Balaban J connectivity index is 1.30. The second-order valence-electron chi connectivity index (χ2n) is 8.40. The summed E-state index contributed by atoms with van der Waals surface area (Å²) in [4.78, 5) is 46.6. The number of hydrogen-bond donors (Lipinski definition) is 1. The van der Waals surface area contributed by atoms with Crippen molar-refractivity contribution in [1.29, 1.82) is 0 Å². The van der Waals surface area contributed by atoms with E-state index in [9.17, 15) is 14.4 Å². The maximum absolute atomic E-state index is 12.9. The van der Waals surface area contributed by atoms with Crippen molar-refractivity contribution in [3.8, 4) is 0 Å². The van der Waals surface area contributed by atoms with Crippen LogP contribution in [-0.4, -0.2) is 87.9 Å². The molecule has 8 nitrogen and oxygen atoms in total. The number of aromatic carboxylic acids is 1. The molecule has 1 aromatic heterocycles. The molecule has 29 heavy (non-hydrogen) atoms. The van der Waals surface area contributed by atoms with Crippen LogP contribution in [0.4, 0.5) is 0 Å². The Morgan fingerprint density at radius 1 is 1.03 bits per heavy atom. The molecule has 0 bridgehead atoms. The molecule has 2 aliphatic heterocycles. The van der Waals surface area contributed by atoms with Crippen LogP contribution in [0.1, 0.15) is 52.1 Å². The lowest BCUT2D eigenvalue weighted by atomic mass is 9.91. The number of rotatable bonds is 4. The molecule has 0 unspecified atom stereocenters. The molecule has 0 aromatic carbocycles. The van der Waals surface area contributed by atoms with Gasteiger partial charge in [-0.1, -0.05) is 6.42 Å². The van der Waals surface area contributed by atoms with E-state index in [4.69, 9.17) is 5.11 Å². The van der Waals surface area contributed by atoms with Crippen LogP contribution in [0, 0.1) is 12.8 Å². The molecule has 2 saturated heterocycles. The largest absolute Gasteiger partial charge is 0.477 e. The first-order valence-electron chi connectivity index (χ1n) is 10.5. The summed E-state index contributed by atoms with van der Waals surface area (Å²) in [5, 5.41) is 9.06. The lowest BCUT2D eigenvalue weighted by Crippen LogP contribution is -2.56. The van der Waals surface area contributed by atoms with Crippen LogP contribution in [0.25, 0.3) is 0 Å². The molecular formula is C21H28N4O4. The van der Waals surface area contributed by atoms with E-state index >= 15 is 0 Å². The predicted octanol–water partition coefficient (Wildman–Crippen LogP) is 1.25. The first-order valence-corrected chi connectivity index (χ1v) is 10.5. The minimum atomic E-state index is -1.11. The van der Waals surface area contributed by atoms with Gasteiger partial charge in [0.15, 0.2) is 5.69 Å². The van der Waals surface area contributed by atoms with Crippen LogP contribution in [0.3, 0.4) is 0 Å². The van der Waals surface area contributed by atoms with Crippen molar-refractivity contribution in [3.63, 3.8) is 0 Å². The van der Waals surface area contributed by atoms with Gasteiger partial charge in [0, 0.05) is 51.5 Å². The molecule has 1 saturated carbocycles. The molecule has 8 heteroatoms. The van der Waals surface area contributed by atoms with E-state index in [1.165, 1.54) is 25.5 Å². The molecule has 3 aliphatic rings. The van der Waals surface area contributed by atoms with E-state index in [1.807, 2.05) is 4.90 Å². The van der Waals surface area contributed by atoms with Gasteiger partial charge in [0.2, 0.25) is 5.91 Å². The Morgan fingerprint density at radius 2 is 1.79 bits per heavy atom. The fourth-order valence-electron chi connectivity index (χ4n) is 4.43. The van der Waals surface area contributed by atoms with Crippen LogP contribution < -0.4 is 0 Å². The van der Waals surface area contributed by atoms with Crippen molar-refractivity contribution in [2.45, 2.75) is 38.6 Å². The lowest BCUT2D eigenvalue weighted by Gasteiger charge is -2.40. The molecule has 3 fully saturated rings. The second kappa shape index (κ2) is 8.10. The standard InChI is InChI=1S/C21H28N4O4/c1-14-10-15(11-22-18(14)21(28)29)19(26)25-12-16(13-25)20(27)24-7-3-6-23(8-9-24)17-4-2-5-17/h10-11,16-17H,2-9,12-13H2,1H3,(H,28,29). The molecule has 0 atom stereocenters. The van der Waals surface area contributed by atoms with E-state index in [0.717, 1.165) is 32.6 Å². The second-order valence-corrected chi connectivity index (χ2v) is 8.40. The van der Waals surface area contributed by atoms with Gasteiger partial charge in [-0.2, -0.15) is 0 Å². The summed E-state index contributed by atoms with van der Waals surface area (Å²) < 4.78 is 0. The quantitative estimate of drug-likeness (QED) is 0.818. The number of nitrogens with zero attached hydrogens (tertiary/aromatic N) is 4. The number of pyridine rings is 1. The smallest absolute Gasteiger partial charge is 0.354 e. The summed E-state index contributed by atoms with van der Waals surface area (Å²) in [6.07, 6.45) is 6.21. The van der Waals surface area contributed by atoms with Crippen molar-refractivity contribution in [2.24, 2.45) is 5.92 Å². The highest BCUT2D eigenvalue weighted by atomic mass is 16.4. The van der Waals surface area contributed by atoms with Crippen LogP contribution in [0.15, 0.2) is 12.3 Å². The van der Waals surface area contributed by atoms with Gasteiger partial charge in [-0.15, -0.1) is 0 Å². The van der Waals surface area contributed by atoms with Crippen molar-refractivity contribution in [1.82, 2.24) is 19.7 Å². The first-order chi connectivity index (χ1) is 13.9. The third-order valence-electron chi connectivity index (χ3n) is 6.48. The summed E-state index contributed by atoms with van der Waals surface area (Å²) in [6, 6.07) is 2.27. The Bertz CT molecular complexity index is 817. The Kier molecular flexibility index (Phi) is 5.54. The van der Waals surface area contributed by atoms with E-state index in [1.54, 1.807) is 17.9 Å². The van der Waals surface area contributed by atoms with Crippen molar-refractivity contribution in [3.05, 3.63) is 29.1 Å². The number of likely N-dealkylation sites (tertiary alicyclic amines) is 1. The van der Waals surface area contributed by atoms with Gasteiger partial charge in [0.25, 0.3) is 5.91 Å². The topological polar surface area (TPSA) is 94.1 Å². The number of aryl methyl sites for hydroxylation is 1. The van der Waals surface area contributed by atoms with Crippen molar-refractivity contribution in [2.75, 3.05) is 39.3 Å². The minimum absolute atomic E-state index is 0.0460. The molecule has 1 aliphatic carbocycles. The predicted molar refractivity (Wildman–Crippen MR) is 106 cm³/mol. The monoisotopic (exact) mass is 400 g/mol. The van der Waals surface area contributed by atoms with E-state index < -0.39 is 5.97 Å². The molecular weight excluding hydrogens is 372 g/mol. The van der Waals surface area contributed by atoms with Gasteiger partial charge in [0.1, 0.15) is 0 Å². The summed E-state index contributed by atoms with van der Waals surface area (Å²) in [7, 11) is 0. The summed E-state index contributed by atoms with van der Waals surface area (Å²) in [5.74, 6) is -1.29. The van der Waals surface area contributed by atoms with E-state index in [2.05, 4.69) is 9.88 Å². The lowest BCUT2D eigenvalue weighted by molar-refractivity contribution is -0.139. The van der Waals surface area contributed by atoms with Crippen molar-refractivity contribution < 1.29 is 19.5 Å². The Morgan fingerprint density at radius 3 is 2.41 bits per heavy atom. The van der Waals surface area contributed by atoms with Gasteiger partial charge in [0.05, 0.1) is 11.5 Å². The van der Waals surface area contributed by atoms with Crippen LogP contribution in [-0.2, 0) is 4.79 Å². The summed E-state index contributed by atoms with van der Waals surface area (Å²) >= 11 is 0. The zero-order chi connectivity index (χ0) is 20.5. The summed E-state index contributed by atoms with van der Waals surface area (Å²) in [5.41, 5.74) is 0.775. The van der Waals surface area contributed by atoms with Gasteiger partial charge in [-0.3, -0.25) is 14.5 Å². The van der Waals surface area contributed by atoms with Gasteiger partial charge in [-0.05, 0) is 37.8 Å². The number of carboxylic acids is 1. The normalized spacial score (nSPS) is 21.3. The molecule has 1 N–H and O–H groups in total. The average Bonchev–Trinajstić information content (AvgIpc) is 2.84. The van der Waals surface area contributed by atoms with Gasteiger partial charge in [-0.25, -0.2) is 9.78 Å². The van der Waals surface area contributed by atoms with Crippen molar-refractivity contribution >= 4 is 17.8 Å². The zero-order valence-electron chi connectivity index (χ0n) is 16.8. The highest BCUT2D eigenvalue weighted by Gasteiger charge is 2.39. The average molecular weight is 400 g/mol. The molecule has 0 radical (unpaired) electrons. The van der Waals surface area contributed by atoms with Gasteiger partial charge >= 0.3 is 5.97 Å². The number of hydrogen-bond acceptors (Lipinski definition) is 5. The number of carbonyl (C=O) groups is 3. The molecule has 4 rings (SSSR count). The van der Waals surface area contributed by atoms with E-state index in [0.29, 0.717) is 30.3 Å². The number of carbonyl (C=O) groups excluding carboxylic acids is 2.